The normalized spacial score (nSPS) is 14.6. The number of hydrogen-bond donors (Lipinski definition) is 1. The smallest absolute Gasteiger partial charge is 0.343 e. The highest BCUT2D eigenvalue weighted by atomic mass is 19.1. The van der Waals surface area contributed by atoms with E-state index < -0.39 is 17.7 Å². The number of rotatable bonds is 6. The molecule has 1 heterocycles. The molecule has 0 aromatic heterocycles. The highest BCUT2D eigenvalue weighted by molar-refractivity contribution is 5.91. The van der Waals surface area contributed by atoms with Crippen LogP contribution >= 0.6 is 0 Å². The van der Waals surface area contributed by atoms with Crippen LogP contribution in [0.2, 0.25) is 0 Å². The molecular formula is C26H21FN2O4. The van der Waals surface area contributed by atoms with Crippen LogP contribution in [0.3, 0.4) is 0 Å². The molecule has 1 unspecified atom stereocenters. The molecule has 3 aromatic rings. The molecule has 1 aliphatic rings. The Bertz CT molecular complexity index is 1260. The fourth-order valence-electron chi connectivity index (χ4n) is 3.60. The number of benzene rings is 3. The zero-order valence-corrected chi connectivity index (χ0v) is 17.9. The van der Waals surface area contributed by atoms with E-state index in [9.17, 15) is 14.4 Å². The summed E-state index contributed by atoms with van der Waals surface area (Å²) in [5, 5.41) is 9.75. The van der Waals surface area contributed by atoms with E-state index in [1.54, 1.807) is 18.2 Å². The van der Waals surface area contributed by atoms with Crippen LogP contribution in [0.5, 0.6) is 17.2 Å². The molecular weight excluding hydrogens is 423 g/mol. The van der Waals surface area contributed by atoms with Crippen LogP contribution in [0.15, 0.2) is 78.2 Å². The lowest BCUT2D eigenvalue weighted by molar-refractivity contribution is 0.0734. The molecule has 2 N–H and O–H groups in total. The molecule has 1 atom stereocenters. The molecule has 1 aliphatic heterocycles. The average Bonchev–Trinajstić information content (AvgIpc) is 2.82. The van der Waals surface area contributed by atoms with E-state index in [-0.39, 0.29) is 22.8 Å². The highest BCUT2D eigenvalue weighted by Crippen LogP contribution is 2.44. The van der Waals surface area contributed by atoms with Crippen molar-refractivity contribution in [2.45, 2.75) is 19.3 Å². The summed E-state index contributed by atoms with van der Waals surface area (Å²) >= 11 is 0. The first-order chi connectivity index (χ1) is 16.0. The van der Waals surface area contributed by atoms with Gasteiger partial charge in [0.05, 0.1) is 18.1 Å². The van der Waals surface area contributed by atoms with E-state index in [0.717, 1.165) is 12.0 Å². The fourth-order valence-corrected chi connectivity index (χ4v) is 3.60. The molecule has 166 valence electrons. The Morgan fingerprint density at radius 2 is 1.91 bits per heavy atom. The van der Waals surface area contributed by atoms with Crippen molar-refractivity contribution in [1.29, 1.82) is 5.26 Å². The van der Waals surface area contributed by atoms with E-state index in [1.165, 1.54) is 24.3 Å². The Morgan fingerprint density at radius 3 is 2.64 bits per heavy atom. The Balaban J connectivity index is 1.66. The van der Waals surface area contributed by atoms with Crippen LogP contribution in [-0.2, 0) is 0 Å². The van der Waals surface area contributed by atoms with E-state index in [4.69, 9.17) is 19.9 Å². The topological polar surface area (TPSA) is 94.6 Å². The van der Waals surface area contributed by atoms with Gasteiger partial charge in [0.25, 0.3) is 0 Å². The minimum atomic E-state index is -0.635. The highest BCUT2D eigenvalue weighted by Gasteiger charge is 2.31. The van der Waals surface area contributed by atoms with Crippen LogP contribution in [0.1, 0.15) is 40.7 Å². The van der Waals surface area contributed by atoms with Gasteiger partial charge < -0.3 is 19.9 Å². The van der Waals surface area contributed by atoms with Crippen molar-refractivity contribution < 1.29 is 23.4 Å². The second-order valence-corrected chi connectivity index (χ2v) is 7.44. The standard InChI is InChI=1S/C26H21FN2O4/c1-2-12-31-19-5-3-4-17(13-19)24-21-11-10-20(14-23(21)33-25(29)22(24)15-28)32-26(30)16-6-8-18(27)9-7-16/h3-11,13-14,24H,2,12,29H2,1H3. The quantitative estimate of drug-likeness (QED) is 0.422. The van der Waals surface area contributed by atoms with E-state index in [2.05, 4.69) is 6.07 Å². The van der Waals surface area contributed by atoms with Crippen LogP contribution in [0.25, 0.3) is 0 Å². The number of carbonyl (C=O) groups excluding carboxylic acids is 1. The van der Waals surface area contributed by atoms with Gasteiger partial charge in [0.1, 0.15) is 34.7 Å². The van der Waals surface area contributed by atoms with E-state index >= 15 is 0 Å². The second-order valence-electron chi connectivity index (χ2n) is 7.44. The van der Waals surface area contributed by atoms with E-state index in [1.807, 2.05) is 31.2 Å². The predicted molar refractivity (Wildman–Crippen MR) is 119 cm³/mol. The van der Waals surface area contributed by atoms with Crippen molar-refractivity contribution in [3.05, 3.63) is 101 Å². The Labute approximate surface area is 190 Å². The predicted octanol–water partition coefficient (Wildman–Crippen LogP) is 5.05. The molecule has 0 amide bonds. The van der Waals surface area contributed by atoms with Crippen LogP contribution in [0, 0.1) is 17.1 Å². The third-order valence-electron chi connectivity index (χ3n) is 5.15. The van der Waals surface area contributed by atoms with Gasteiger partial charge in [-0.1, -0.05) is 25.1 Å². The molecule has 0 spiro atoms. The summed E-state index contributed by atoms with van der Waals surface area (Å²) in [4.78, 5) is 12.4. The summed E-state index contributed by atoms with van der Waals surface area (Å²) in [6, 6.07) is 19.6. The number of carbonyl (C=O) groups is 1. The van der Waals surface area contributed by atoms with Crippen molar-refractivity contribution >= 4 is 5.97 Å². The maximum atomic E-state index is 13.1. The van der Waals surface area contributed by atoms with Crippen molar-refractivity contribution in [2.24, 2.45) is 5.73 Å². The molecule has 33 heavy (non-hydrogen) atoms. The number of hydrogen-bond acceptors (Lipinski definition) is 6. The number of halogens is 1. The summed E-state index contributed by atoms with van der Waals surface area (Å²) in [7, 11) is 0. The number of fused-ring (bicyclic) bond motifs is 1. The van der Waals surface area contributed by atoms with Crippen LogP contribution in [0.4, 0.5) is 4.39 Å². The zero-order valence-electron chi connectivity index (χ0n) is 17.9. The van der Waals surface area contributed by atoms with Gasteiger partial charge in [0.2, 0.25) is 5.88 Å². The third-order valence-corrected chi connectivity index (χ3v) is 5.15. The molecule has 6 nitrogen and oxygen atoms in total. The Hall–Kier alpha value is -4.31. The molecule has 0 fully saturated rings. The summed E-state index contributed by atoms with van der Waals surface area (Å²) in [6.07, 6.45) is 0.875. The first kappa shape index (κ1) is 21.9. The maximum absolute atomic E-state index is 13.1. The number of ether oxygens (including phenoxy) is 3. The number of nitrogens with two attached hydrogens (primary N) is 1. The van der Waals surface area contributed by atoms with Gasteiger partial charge in [-0.2, -0.15) is 5.26 Å². The lowest BCUT2D eigenvalue weighted by Gasteiger charge is -2.27. The van der Waals surface area contributed by atoms with Crippen LogP contribution in [-0.4, -0.2) is 12.6 Å². The molecule has 0 saturated carbocycles. The number of nitrogens with zero attached hydrogens (tertiary/aromatic N) is 1. The SMILES string of the molecule is CCCOc1cccc(C2C(C#N)=C(N)Oc3cc(OC(=O)c4ccc(F)cc4)ccc32)c1. The Kier molecular flexibility index (Phi) is 6.27. The first-order valence-corrected chi connectivity index (χ1v) is 10.4. The van der Waals surface area contributed by atoms with Crippen molar-refractivity contribution in [3.63, 3.8) is 0 Å². The third kappa shape index (κ3) is 4.65. The molecule has 0 saturated heterocycles. The number of allylic oxidation sites excluding steroid dienone is 1. The Morgan fingerprint density at radius 1 is 1.12 bits per heavy atom. The summed E-state index contributed by atoms with van der Waals surface area (Å²) in [6.45, 7) is 2.61. The average molecular weight is 444 g/mol. The largest absolute Gasteiger partial charge is 0.494 e. The van der Waals surface area contributed by atoms with E-state index in [0.29, 0.717) is 23.7 Å². The van der Waals surface area contributed by atoms with Gasteiger partial charge in [0.15, 0.2) is 0 Å². The van der Waals surface area contributed by atoms with Gasteiger partial charge in [-0.05, 0) is 54.4 Å². The van der Waals surface area contributed by atoms with Crippen LogP contribution < -0.4 is 19.9 Å². The lowest BCUT2D eigenvalue weighted by atomic mass is 9.83. The van der Waals surface area contributed by atoms with Gasteiger partial charge in [-0.25, -0.2) is 9.18 Å². The summed E-state index contributed by atoms with van der Waals surface area (Å²) in [5.74, 6) is -0.259. The fraction of sp³-hybridized carbons (Fsp3) is 0.154. The van der Waals surface area contributed by atoms with Crippen molar-refractivity contribution in [1.82, 2.24) is 0 Å². The zero-order chi connectivity index (χ0) is 23.4. The minimum absolute atomic E-state index is 0.0168. The molecule has 0 bridgehead atoms. The van der Waals surface area contributed by atoms with Gasteiger partial charge in [-0.15, -0.1) is 0 Å². The molecule has 3 aromatic carbocycles. The van der Waals surface area contributed by atoms with Gasteiger partial charge in [-0.3, -0.25) is 0 Å². The minimum Gasteiger partial charge on any atom is -0.494 e. The number of nitriles is 1. The monoisotopic (exact) mass is 444 g/mol. The lowest BCUT2D eigenvalue weighted by Crippen LogP contribution is -2.21. The second kappa shape index (κ2) is 9.45. The summed E-state index contributed by atoms with van der Waals surface area (Å²) in [5.41, 5.74) is 8.09. The maximum Gasteiger partial charge on any atom is 0.343 e. The van der Waals surface area contributed by atoms with Crippen molar-refractivity contribution in [2.75, 3.05) is 6.61 Å². The van der Waals surface area contributed by atoms with Gasteiger partial charge >= 0.3 is 5.97 Å². The molecule has 4 rings (SSSR count). The number of esters is 1. The van der Waals surface area contributed by atoms with Gasteiger partial charge in [0, 0.05) is 11.6 Å². The van der Waals surface area contributed by atoms with Crippen molar-refractivity contribution in [3.8, 4) is 23.3 Å². The molecule has 7 heteroatoms. The first-order valence-electron chi connectivity index (χ1n) is 10.4. The molecule has 0 aliphatic carbocycles. The summed E-state index contributed by atoms with van der Waals surface area (Å²) < 4.78 is 30.0. The molecule has 0 radical (unpaired) electrons.